The summed E-state index contributed by atoms with van der Waals surface area (Å²) in [4.78, 5) is 72.0. The standard InChI is InChI=1S/C34H35FN8O8/c1-3-40-17-23(32(46)49-19-28-25(38-39-36)14-29(51-28)43-16-20(2)31(45)37-33(43)47)30(44)22-13-24(35)27(15-26(22)40)41-9-11-42(12-10-41)34(48)50-18-21-7-5-4-6-8-21/h4-8,13,15-17,25,28-29H,3,9-12,14,18-19H2,1-2H3,(H,37,45,47). The van der Waals surface area contributed by atoms with Gasteiger partial charge < -0.3 is 28.6 Å². The van der Waals surface area contributed by atoms with E-state index in [1.807, 2.05) is 30.3 Å². The molecule has 2 aromatic carbocycles. The summed E-state index contributed by atoms with van der Waals surface area (Å²) in [5.41, 5.74) is 8.54. The molecule has 0 aliphatic carbocycles. The maximum absolute atomic E-state index is 15.6. The van der Waals surface area contributed by atoms with Crippen molar-refractivity contribution in [3.05, 3.63) is 119 Å². The Labute approximate surface area is 289 Å². The van der Waals surface area contributed by atoms with Gasteiger partial charge in [0.15, 0.2) is 0 Å². The molecule has 2 aromatic heterocycles. The number of carbonyl (C=O) groups excluding carboxylic acids is 2. The van der Waals surface area contributed by atoms with E-state index in [1.165, 1.54) is 19.3 Å². The number of esters is 1. The summed E-state index contributed by atoms with van der Waals surface area (Å²) in [5.74, 6) is -1.66. The van der Waals surface area contributed by atoms with Crippen molar-refractivity contribution in [1.29, 1.82) is 0 Å². The third-order valence-corrected chi connectivity index (χ3v) is 9.03. The van der Waals surface area contributed by atoms with E-state index in [1.54, 1.807) is 27.4 Å². The van der Waals surface area contributed by atoms with Gasteiger partial charge >= 0.3 is 17.8 Å². The van der Waals surface area contributed by atoms with Crippen LogP contribution in [-0.4, -0.2) is 76.0 Å². The number of fused-ring (bicyclic) bond motifs is 1. The number of pyridine rings is 1. The summed E-state index contributed by atoms with van der Waals surface area (Å²) in [6.07, 6.45) is 0.396. The lowest BCUT2D eigenvalue weighted by molar-refractivity contribution is -0.0363. The van der Waals surface area contributed by atoms with Crippen molar-refractivity contribution in [1.82, 2.24) is 19.0 Å². The molecular formula is C34H35FN8O8. The van der Waals surface area contributed by atoms with Gasteiger partial charge in [0, 0.05) is 67.4 Å². The predicted molar refractivity (Wildman–Crippen MR) is 182 cm³/mol. The van der Waals surface area contributed by atoms with E-state index in [-0.39, 0.29) is 35.2 Å². The average Bonchev–Trinajstić information content (AvgIpc) is 3.54. The average molecular weight is 703 g/mol. The largest absolute Gasteiger partial charge is 0.459 e. The smallest absolute Gasteiger partial charge is 0.410 e. The number of amides is 1. The van der Waals surface area contributed by atoms with Gasteiger partial charge in [0.2, 0.25) is 5.43 Å². The zero-order chi connectivity index (χ0) is 36.2. The number of hydrogen-bond donors (Lipinski definition) is 1. The molecule has 16 nitrogen and oxygen atoms in total. The highest BCUT2D eigenvalue weighted by atomic mass is 19.1. The summed E-state index contributed by atoms with van der Waals surface area (Å²) in [6.45, 7) is 4.67. The molecule has 4 heterocycles. The van der Waals surface area contributed by atoms with Gasteiger partial charge in [-0.1, -0.05) is 35.4 Å². The lowest BCUT2D eigenvalue weighted by atomic mass is 10.1. The second kappa shape index (κ2) is 14.9. The first-order chi connectivity index (χ1) is 24.6. The van der Waals surface area contributed by atoms with Crippen LogP contribution in [0.2, 0.25) is 0 Å². The van der Waals surface area contributed by atoms with Crippen LogP contribution in [0.4, 0.5) is 14.9 Å². The Bertz CT molecular complexity index is 2190. The van der Waals surface area contributed by atoms with Crippen LogP contribution < -0.4 is 21.6 Å². The molecule has 0 radical (unpaired) electrons. The van der Waals surface area contributed by atoms with E-state index in [4.69, 9.17) is 19.7 Å². The van der Waals surface area contributed by atoms with Crippen LogP contribution in [0.5, 0.6) is 0 Å². The Morgan fingerprint density at radius 1 is 1.08 bits per heavy atom. The van der Waals surface area contributed by atoms with Gasteiger partial charge in [-0.25, -0.2) is 18.8 Å². The fourth-order valence-electron chi connectivity index (χ4n) is 6.25. The number of ether oxygens (including phenoxy) is 3. The minimum atomic E-state index is -0.993. The van der Waals surface area contributed by atoms with Crippen LogP contribution in [0, 0.1) is 12.7 Å². The predicted octanol–water partition coefficient (Wildman–Crippen LogP) is 3.60. The van der Waals surface area contributed by atoms with Crippen molar-refractivity contribution in [2.45, 2.75) is 51.8 Å². The van der Waals surface area contributed by atoms with Crippen LogP contribution in [0.25, 0.3) is 21.3 Å². The quantitative estimate of drug-likeness (QED) is 0.117. The number of aromatic nitrogens is 3. The van der Waals surface area contributed by atoms with E-state index in [0.717, 1.165) is 16.2 Å². The molecule has 2 fully saturated rings. The number of azide groups is 1. The van der Waals surface area contributed by atoms with Gasteiger partial charge in [-0.3, -0.25) is 19.1 Å². The Kier molecular flexibility index (Phi) is 10.2. The first-order valence-electron chi connectivity index (χ1n) is 16.3. The molecule has 2 aliphatic rings. The SMILES string of the molecule is CCn1cc(C(=O)OCC2OC(n3cc(C)c(=O)[nH]c3=O)CC2N=[N+]=[N-])c(=O)c2cc(F)c(N3CCN(C(=O)OCc4ccccc4)CC3)cc21. The fraction of sp³-hybridized carbons (Fsp3) is 0.382. The zero-order valence-electron chi connectivity index (χ0n) is 27.9. The molecule has 0 saturated carbocycles. The van der Waals surface area contributed by atoms with Crippen molar-refractivity contribution >= 4 is 28.7 Å². The molecule has 4 aromatic rings. The molecule has 0 bridgehead atoms. The number of benzene rings is 2. The Balaban J connectivity index is 1.15. The number of aryl methyl sites for hydroxylation is 2. The van der Waals surface area contributed by atoms with E-state index >= 15 is 4.39 Å². The number of H-pyrrole nitrogens is 1. The van der Waals surface area contributed by atoms with Crippen LogP contribution >= 0.6 is 0 Å². The van der Waals surface area contributed by atoms with Gasteiger partial charge in [0.1, 0.15) is 36.9 Å². The molecule has 17 heteroatoms. The first kappa shape index (κ1) is 34.9. The van der Waals surface area contributed by atoms with Crippen molar-refractivity contribution in [3.8, 4) is 0 Å². The van der Waals surface area contributed by atoms with Crippen molar-refractivity contribution in [3.63, 3.8) is 0 Å². The summed E-state index contributed by atoms with van der Waals surface area (Å²) >= 11 is 0. The third-order valence-electron chi connectivity index (χ3n) is 9.03. The van der Waals surface area contributed by atoms with E-state index in [9.17, 15) is 24.0 Å². The number of hydrogen-bond acceptors (Lipinski definition) is 10. The molecular weight excluding hydrogens is 667 g/mol. The lowest BCUT2D eigenvalue weighted by Crippen LogP contribution is -2.49. The second-order valence-electron chi connectivity index (χ2n) is 12.2. The van der Waals surface area contributed by atoms with Crippen LogP contribution in [0.1, 0.15) is 41.1 Å². The van der Waals surface area contributed by atoms with Gasteiger partial charge in [-0.05, 0) is 37.1 Å². The maximum Gasteiger partial charge on any atom is 0.410 e. The number of halogens is 1. The van der Waals surface area contributed by atoms with E-state index < -0.39 is 59.5 Å². The number of piperazine rings is 1. The number of aromatic amines is 1. The fourth-order valence-corrected chi connectivity index (χ4v) is 6.25. The van der Waals surface area contributed by atoms with E-state index in [0.29, 0.717) is 38.2 Å². The van der Waals surface area contributed by atoms with Gasteiger partial charge in [0.05, 0.1) is 17.2 Å². The highest BCUT2D eigenvalue weighted by Crippen LogP contribution is 2.31. The van der Waals surface area contributed by atoms with E-state index in [2.05, 4.69) is 15.0 Å². The summed E-state index contributed by atoms with van der Waals surface area (Å²) in [6, 6.07) is 11.2. The lowest BCUT2D eigenvalue weighted by Gasteiger charge is -2.35. The summed E-state index contributed by atoms with van der Waals surface area (Å²) < 4.78 is 35.2. The number of nitrogens with one attached hydrogen (secondary N) is 1. The highest BCUT2D eigenvalue weighted by Gasteiger charge is 2.37. The second-order valence-corrected chi connectivity index (χ2v) is 12.2. The molecule has 2 aliphatic heterocycles. The minimum Gasteiger partial charge on any atom is -0.459 e. The monoisotopic (exact) mass is 702 g/mol. The first-order valence-corrected chi connectivity index (χ1v) is 16.3. The van der Waals surface area contributed by atoms with Crippen LogP contribution in [-0.2, 0) is 27.4 Å². The molecule has 0 spiro atoms. The summed E-state index contributed by atoms with van der Waals surface area (Å²) in [5, 5.41) is 3.69. The normalized spacial score (nSPS) is 18.8. The molecule has 1 N–H and O–H groups in total. The third kappa shape index (κ3) is 7.34. The van der Waals surface area contributed by atoms with Crippen LogP contribution in [0.15, 0.2) is 74.4 Å². The Morgan fingerprint density at radius 2 is 1.82 bits per heavy atom. The van der Waals surface area contributed by atoms with Gasteiger partial charge in [-0.15, -0.1) is 0 Å². The highest BCUT2D eigenvalue weighted by molar-refractivity contribution is 5.94. The summed E-state index contributed by atoms with van der Waals surface area (Å²) in [7, 11) is 0. The molecule has 51 heavy (non-hydrogen) atoms. The molecule has 3 unspecified atom stereocenters. The minimum absolute atomic E-state index is 0.0207. The maximum atomic E-state index is 15.6. The van der Waals surface area contributed by atoms with Crippen molar-refractivity contribution in [2.24, 2.45) is 5.11 Å². The van der Waals surface area contributed by atoms with Gasteiger partial charge in [-0.2, -0.15) is 0 Å². The molecule has 1 amide bonds. The number of carbonyl (C=O) groups is 2. The van der Waals surface area contributed by atoms with Crippen molar-refractivity contribution in [2.75, 3.05) is 37.7 Å². The van der Waals surface area contributed by atoms with Gasteiger partial charge in [0.25, 0.3) is 5.56 Å². The van der Waals surface area contributed by atoms with Crippen molar-refractivity contribution < 1.29 is 28.2 Å². The molecule has 266 valence electrons. The Morgan fingerprint density at radius 3 is 2.53 bits per heavy atom. The Hall–Kier alpha value is -5.93. The van der Waals surface area contributed by atoms with Crippen LogP contribution in [0.3, 0.4) is 0 Å². The molecule has 3 atom stereocenters. The molecule has 6 rings (SSSR count). The topological polar surface area (TPSA) is 194 Å². The number of nitrogens with zero attached hydrogens (tertiary/aromatic N) is 7. The number of rotatable bonds is 9. The molecule has 2 saturated heterocycles. The number of anilines is 1. The zero-order valence-corrected chi connectivity index (χ0v) is 27.9.